The predicted molar refractivity (Wildman–Crippen MR) is 67.9 cm³/mol. The molecule has 0 fully saturated rings. The first-order chi connectivity index (χ1) is 7.62. The highest BCUT2D eigenvalue weighted by Crippen LogP contribution is 2.08. The summed E-state index contributed by atoms with van der Waals surface area (Å²) in [6.45, 7) is 6.40. The molecule has 0 unspecified atom stereocenters. The van der Waals surface area contributed by atoms with E-state index in [2.05, 4.69) is 0 Å². The Morgan fingerprint density at radius 2 is 1.06 bits per heavy atom. The van der Waals surface area contributed by atoms with Gasteiger partial charge in [-0.25, -0.2) is 0 Å². The van der Waals surface area contributed by atoms with Gasteiger partial charge in [0.15, 0.2) is 0 Å². The molecule has 0 heterocycles. The third-order valence-corrected chi connectivity index (χ3v) is 0.899. The molecular formula is C10H22O7S. The molecule has 0 rings (SSSR count). The maximum absolute atomic E-state index is 9.19. The molecule has 18 heavy (non-hydrogen) atoms. The molecule has 7 nitrogen and oxygen atoms in total. The van der Waals surface area contributed by atoms with Crippen LogP contribution < -0.4 is 0 Å². The highest BCUT2D eigenvalue weighted by atomic mass is 32.2. The first kappa shape index (κ1) is 22.2. The molecule has 4 N–H and O–H groups in total. The van der Waals surface area contributed by atoms with Gasteiger partial charge in [0.2, 0.25) is 0 Å². The van der Waals surface area contributed by atoms with E-state index in [-0.39, 0.29) is 6.47 Å². The van der Waals surface area contributed by atoms with Crippen molar-refractivity contribution in [2.24, 2.45) is 0 Å². The molecule has 0 aliphatic heterocycles. The maximum Gasteiger partial charge on any atom is 0.290 e. The van der Waals surface area contributed by atoms with Crippen LogP contribution >= 0.6 is 0 Å². The molecule has 8 heteroatoms. The van der Waals surface area contributed by atoms with Crippen molar-refractivity contribution in [1.29, 1.82) is 0 Å². The summed E-state index contributed by atoms with van der Waals surface area (Å²) in [5.74, 6) is 0. The van der Waals surface area contributed by atoms with Crippen LogP contribution in [0.4, 0.5) is 0 Å². The third kappa shape index (κ3) is 81.3. The summed E-state index contributed by atoms with van der Waals surface area (Å²) in [4.78, 5) is 8.36. The fraction of sp³-hybridized carbons (Fsp3) is 0.700. The van der Waals surface area contributed by atoms with E-state index < -0.39 is 21.3 Å². The Morgan fingerprint density at radius 3 is 1.11 bits per heavy atom. The fourth-order valence-electron chi connectivity index (χ4n) is 0.408. The molecule has 0 radical (unpaired) electrons. The summed E-state index contributed by atoms with van der Waals surface area (Å²) in [7, 11) is -3.67. The minimum atomic E-state index is -3.67. The zero-order chi connectivity index (χ0) is 15.6. The second-order valence-electron chi connectivity index (χ2n) is 4.48. The third-order valence-electron chi connectivity index (χ3n) is 0.899. The summed E-state index contributed by atoms with van der Waals surface area (Å²) in [6.07, 6.45) is 3.87. The maximum atomic E-state index is 9.19. The molecule has 0 aromatic heterocycles. The van der Waals surface area contributed by atoms with Gasteiger partial charge in [-0.3, -0.25) is 9.35 Å². The van der Waals surface area contributed by atoms with E-state index in [1.165, 1.54) is 0 Å². The number of hydrogen-bond donors (Lipinski definition) is 4. The van der Waals surface area contributed by atoms with E-state index in [1.54, 1.807) is 39.8 Å². The van der Waals surface area contributed by atoms with Gasteiger partial charge in [0.05, 0.1) is 17.5 Å². The SMILES string of the molecule is CC(C)(O)C=CC(C)(C)O.CS(=O)(=O)O.O=CO. The van der Waals surface area contributed by atoms with Crippen molar-refractivity contribution in [3.8, 4) is 0 Å². The Morgan fingerprint density at radius 1 is 0.944 bits per heavy atom. The summed E-state index contributed by atoms with van der Waals surface area (Å²) in [6, 6.07) is 0. The number of carbonyl (C=O) groups is 1. The topological polar surface area (TPSA) is 132 Å². The van der Waals surface area contributed by atoms with Crippen molar-refractivity contribution in [2.75, 3.05) is 6.26 Å². The molecule has 0 aromatic carbocycles. The number of rotatable bonds is 2. The largest absolute Gasteiger partial charge is 0.483 e. The summed E-state index contributed by atoms with van der Waals surface area (Å²) in [5.41, 5.74) is -1.67. The lowest BCUT2D eigenvalue weighted by atomic mass is 10.0. The standard InChI is InChI=1S/C8H16O2.CH4O3S.CH2O2/c1-7(2,9)5-6-8(3,4)10;1-5(2,3)4;2-1-3/h5-6,9-10H,1-4H3;1H3,(H,2,3,4);1H,(H,2,3). The fourth-order valence-corrected chi connectivity index (χ4v) is 0.408. The lowest BCUT2D eigenvalue weighted by Crippen LogP contribution is -2.19. The van der Waals surface area contributed by atoms with Crippen LogP contribution in [0.5, 0.6) is 0 Å². The highest BCUT2D eigenvalue weighted by Gasteiger charge is 2.11. The Bertz CT molecular complexity index is 306. The molecule has 110 valence electrons. The van der Waals surface area contributed by atoms with Gasteiger partial charge in [-0.1, -0.05) is 12.2 Å². The van der Waals surface area contributed by atoms with E-state index in [9.17, 15) is 18.6 Å². The monoisotopic (exact) mass is 286 g/mol. The smallest absolute Gasteiger partial charge is 0.290 e. The quantitative estimate of drug-likeness (QED) is 0.326. The average molecular weight is 286 g/mol. The molecule has 0 bridgehead atoms. The van der Waals surface area contributed by atoms with Crippen molar-refractivity contribution in [3.63, 3.8) is 0 Å². The lowest BCUT2D eigenvalue weighted by Gasteiger charge is -2.15. The van der Waals surface area contributed by atoms with Crippen molar-refractivity contribution < 1.29 is 33.1 Å². The molecular weight excluding hydrogens is 264 g/mol. The van der Waals surface area contributed by atoms with Crippen molar-refractivity contribution in [1.82, 2.24) is 0 Å². The van der Waals surface area contributed by atoms with E-state index in [0.29, 0.717) is 6.26 Å². The molecule has 0 aromatic rings. The van der Waals surface area contributed by atoms with Gasteiger partial charge < -0.3 is 15.3 Å². The van der Waals surface area contributed by atoms with E-state index in [0.717, 1.165) is 0 Å². The van der Waals surface area contributed by atoms with Crippen LogP contribution in [0.25, 0.3) is 0 Å². The normalized spacial score (nSPS) is 12.0. The van der Waals surface area contributed by atoms with Crippen LogP contribution in [0, 0.1) is 0 Å². The number of aliphatic hydroxyl groups is 2. The molecule has 0 spiro atoms. The minimum absolute atomic E-state index is 0.250. The minimum Gasteiger partial charge on any atom is -0.483 e. The van der Waals surface area contributed by atoms with E-state index in [4.69, 9.17) is 14.5 Å². The van der Waals surface area contributed by atoms with Gasteiger partial charge in [0.1, 0.15) is 0 Å². The van der Waals surface area contributed by atoms with Crippen LogP contribution in [0.3, 0.4) is 0 Å². The van der Waals surface area contributed by atoms with Gasteiger partial charge >= 0.3 is 0 Å². The summed E-state index contributed by atoms with van der Waals surface area (Å²) in [5, 5.41) is 25.3. The van der Waals surface area contributed by atoms with Crippen LogP contribution in [0.15, 0.2) is 12.2 Å². The number of carboxylic acid groups (broad SMARTS) is 1. The van der Waals surface area contributed by atoms with Crippen molar-refractivity contribution in [2.45, 2.75) is 38.9 Å². The predicted octanol–water partition coefficient (Wildman–Crippen LogP) is 0.289. The van der Waals surface area contributed by atoms with Gasteiger partial charge in [0.25, 0.3) is 16.6 Å². The van der Waals surface area contributed by atoms with Crippen LogP contribution in [-0.2, 0) is 14.9 Å². The Hall–Kier alpha value is -0.960. The molecule has 0 aliphatic carbocycles. The van der Waals surface area contributed by atoms with Crippen LogP contribution in [0.1, 0.15) is 27.7 Å². The molecule has 0 saturated heterocycles. The molecule has 0 atom stereocenters. The Kier molecular flexibility index (Phi) is 11.2. The number of hydrogen-bond acceptors (Lipinski definition) is 5. The molecule has 0 amide bonds. The molecule has 0 aliphatic rings. The second-order valence-corrected chi connectivity index (χ2v) is 5.95. The van der Waals surface area contributed by atoms with Crippen LogP contribution in [0.2, 0.25) is 0 Å². The van der Waals surface area contributed by atoms with Crippen molar-refractivity contribution in [3.05, 3.63) is 12.2 Å². The second kappa shape index (κ2) is 9.03. The summed E-state index contributed by atoms with van der Waals surface area (Å²) < 4.78 is 25.9. The van der Waals surface area contributed by atoms with Crippen LogP contribution in [-0.4, -0.2) is 52.2 Å². The highest BCUT2D eigenvalue weighted by molar-refractivity contribution is 7.85. The zero-order valence-electron chi connectivity index (χ0n) is 11.2. The Balaban J connectivity index is -0.000000235. The van der Waals surface area contributed by atoms with Gasteiger partial charge in [0, 0.05) is 0 Å². The zero-order valence-corrected chi connectivity index (χ0v) is 12.0. The van der Waals surface area contributed by atoms with Gasteiger partial charge in [-0.2, -0.15) is 8.42 Å². The van der Waals surface area contributed by atoms with Crippen molar-refractivity contribution >= 4 is 16.6 Å². The van der Waals surface area contributed by atoms with Gasteiger partial charge in [-0.05, 0) is 27.7 Å². The molecule has 0 saturated carbocycles. The first-order valence-electron chi connectivity index (χ1n) is 4.78. The van der Waals surface area contributed by atoms with E-state index >= 15 is 0 Å². The van der Waals surface area contributed by atoms with E-state index in [1.807, 2.05) is 0 Å². The lowest BCUT2D eigenvalue weighted by molar-refractivity contribution is -0.122. The summed E-state index contributed by atoms with van der Waals surface area (Å²) >= 11 is 0. The average Bonchev–Trinajstić information content (AvgIpc) is 1.96. The first-order valence-corrected chi connectivity index (χ1v) is 6.62. The Labute approximate surface area is 108 Å². The van der Waals surface area contributed by atoms with Gasteiger partial charge in [-0.15, -0.1) is 0 Å².